The van der Waals surface area contributed by atoms with E-state index < -0.39 is 5.66 Å². The largest absolute Gasteiger partial charge is 0.325 e. The van der Waals surface area contributed by atoms with Crippen LogP contribution in [0.25, 0.3) is 0 Å². The first-order valence-corrected chi connectivity index (χ1v) is 12.4. The van der Waals surface area contributed by atoms with Gasteiger partial charge in [0, 0.05) is 42.2 Å². The molecule has 5 nitrogen and oxygen atoms in total. The molecule has 0 aliphatic carbocycles. The molecule has 2 aromatic rings. The summed E-state index contributed by atoms with van der Waals surface area (Å²) in [5, 5.41) is 4.55. The third kappa shape index (κ3) is 5.42. The first-order chi connectivity index (χ1) is 15.4. The smallest absolute Gasteiger partial charge is 0.234 e. The number of benzene rings is 2. The van der Waals surface area contributed by atoms with Crippen molar-refractivity contribution in [1.29, 1.82) is 0 Å². The van der Waals surface area contributed by atoms with Crippen LogP contribution in [0.2, 0.25) is 5.02 Å². The van der Waals surface area contributed by atoms with Crippen LogP contribution < -0.4 is 5.32 Å². The average Bonchev–Trinajstić information content (AvgIpc) is 3.11. The quantitative estimate of drug-likeness (QED) is 0.644. The lowest BCUT2D eigenvalue weighted by Crippen LogP contribution is -2.41. The lowest BCUT2D eigenvalue weighted by atomic mass is 9.98. The highest BCUT2D eigenvalue weighted by atomic mass is 35.5. The Labute approximate surface area is 199 Å². The predicted octanol–water partition coefficient (Wildman–Crippen LogP) is 5.34. The monoisotopic (exact) mass is 468 g/mol. The number of nitrogens with zero attached hydrogens (tertiary/aromatic N) is 3. The van der Waals surface area contributed by atoms with Crippen molar-refractivity contribution in [2.24, 2.45) is 9.98 Å². The van der Waals surface area contributed by atoms with E-state index in [1.807, 2.05) is 50.2 Å². The van der Waals surface area contributed by atoms with Crippen LogP contribution in [0.1, 0.15) is 36.5 Å². The van der Waals surface area contributed by atoms with Gasteiger partial charge in [0.15, 0.2) is 5.66 Å². The maximum atomic E-state index is 12.7. The molecule has 168 valence electrons. The SMILES string of the molecule is CCN1CCC2(CC1)N=C(SCC(=O)Nc1cc(C)cc(C)c1)C(c1ccc(Cl)cc1)=N2. The molecular weight excluding hydrogens is 440 g/mol. The van der Waals surface area contributed by atoms with E-state index >= 15 is 0 Å². The standard InChI is InChI=1S/C25H29ClN4OS/c1-4-30-11-9-25(10-12-30)28-23(19-5-7-20(26)8-6-19)24(29-25)32-16-22(31)27-21-14-17(2)13-18(3)15-21/h5-8,13-15H,4,9-12,16H2,1-3H3,(H,27,31). The summed E-state index contributed by atoms with van der Waals surface area (Å²) in [6.07, 6.45) is 1.80. The lowest BCUT2D eigenvalue weighted by molar-refractivity contribution is -0.113. The number of aliphatic imine (C=N–C) groups is 2. The van der Waals surface area contributed by atoms with Crippen LogP contribution in [0, 0.1) is 13.8 Å². The molecule has 0 aromatic heterocycles. The molecule has 7 heteroatoms. The summed E-state index contributed by atoms with van der Waals surface area (Å²) >= 11 is 7.56. The van der Waals surface area contributed by atoms with Crippen LogP contribution in [0.15, 0.2) is 52.4 Å². The van der Waals surface area contributed by atoms with Crippen LogP contribution in [0.4, 0.5) is 5.69 Å². The topological polar surface area (TPSA) is 57.1 Å². The Morgan fingerprint density at radius 3 is 2.38 bits per heavy atom. The van der Waals surface area contributed by atoms with E-state index in [4.69, 9.17) is 21.6 Å². The first-order valence-electron chi connectivity index (χ1n) is 11.1. The Kier molecular flexibility index (Phi) is 7.03. The highest BCUT2D eigenvalue weighted by molar-refractivity contribution is 8.16. The van der Waals surface area contributed by atoms with Gasteiger partial charge in [0.2, 0.25) is 5.91 Å². The Bertz CT molecular complexity index is 1040. The van der Waals surface area contributed by atoms with E-state index in [-0.39, 0.29) is 11.7 Å². The summed E-state index contributed by atoms with van der Waals surface area (Å²) in [6, 6.07) is 13.8. The Balaban J connectivity index is 1.50. The van der Waals surface area contributed by atoms with Gasteiger partial charge < -0.3 is 10.2 Å². The fourth-order valence-electron chi connectivity index (χ4n) is 4.25. The van der Waals surface area contributed by atoms with Gasteiger partial charge in [-0.15, -0.1) is 0 Å². The number of anilines is 1. The summed E-state index contributed by atoms with van der Waals surface area (Å²) < 4.78 is 0. The van der Waals surface area contributed by atoms with Gasteiger partial charge in [-0.1, -0.05) is 48.5 Å². The van der Waals surface area contributed by atoms with Gasteiger partial charge in [-0.25, -0.2) is 4.99 Å². The fraction of sp³-hybridized carbons (Fsp3) is 0.400. The second-order valence-electron chi connectivity index (χ2n) is 8.51. The summed E-state index contributed by atoms with van der Waals surface area (Å²) in [7, 11) is 0. The van der Waals surface area contributed by atoms with Crippen LogP contribution >= 0.6 is 23.4 Å². The predicted molar refractivity (Wildman–Crippen MR) is 137 cm³/mol. The molecule has 4 rings (SSSR count). The van der Waals surface area contributed by atoms with Crippen molar-refractivity contribution >= 4 is 45.7 Å². The van der Waals surface area contributed by atoms with Crippen LogP contribution in [0.3, 0.4) is 0 Å². The Hall–Kier alpha value is -2.15. The maximum absolute atomic E-state index is 12.7. The van der Waals surface area contributed by atoms with E-state index in [0.717, 1.165) is 65.6 Å². The van der Waals surface area contributed by atoms with E-state index in [9.17, 15) is 4.79 Å². The molecule has 1 amide bonds. The third-order valence-electron chi connectivity index (χ3n) is 5.90. The molecule has 2 aliphatic heterocycles. The molecular formula is C25H29ClN4OS. The van der Waals surface area contributed by atoms with Gasteiger partial charge in [-0.05, 0) is 55.8 Å². The number of aryl methyl sites for hydroxylation is 2. The number of carbonyl (C=O) groups is 1. The van der Waals surface area contributed by atoms with E-state index in [1.165, 1.54) is 11.8 Å². The normalized spacial score (nSPS) is 17.9. The molecule has 2 aliphatic rings. The van der Waals surface area contributed by atoms with E-state index in [1.54, 1.807) is 0 Å². The highest BCUT2D eigenvalue weighted by Crippen LogP contribution is 2.35. The lowest BCUT2D eigenvalue weighted by Gasteiger charge is -2.34. The number of likely N-dealkylation sites (tertiary alicyclic amines) is 1. The molecule has 1 fully saturated rings. The number of amides is 1. The fourth-order valence-corrected chi connectivity index (χ4v) is 5.25. The molecule has 32 heavy (non-hydrogen) atoms. The van der Waals surface area contributed by atoms with Crippen molar-refractivity contribution in [1.82, 2.24) is 4.90 Å². The minimum absolute atomic E-state index is 0.0418. The molecule has 2 heterocycles. The second kappa shape index (κ2) is 9.77. The van der Waals surface area contributed by atoms with Gasteiger partial charge in [0.1, 0.15) is 5.04 Å². The molecule has 0 atom stereocenters. The number of halogens is 1. The van der Waals surface area contributed by atoms with Gasteiger partial charge in [-0.2, -0.15) is 0 Å². The van der Waals surface area contributed by atoms with Crippen molar-refractivity contribution in [2.45, 2.75) is 39.3 Å². The van der Waals surface area contributed by atoms with Crippen LogP contribution in [-0.4, -0.2) is 52.6 Å². The summed E-state index contributed by atoms with van der Waals surface area (Å²) in [5.41, 5.74) is 4.54. The summed E-state index contributed by atoms with van der Waals surface area (Å²) in [5.74, 6) is 0.246. The average molecular weight is 469 g/mol. The van der Waals surface area contributed by atoms with Crippen molar-refractivity contribution in [3.05, 3.63) is 64.2 Å². The molecule has 1 saturated heterocycles. The molecule has 1 spiro atoms. The summed E-state index contributed by atoms with van der Waals surface area (Å²) in [4.78, 5) is 25.3. The number of hydrogen-bond donors (Lipinski definition) is 1. The van der Waals surface area contributed by atoms with Gasteiger partial charge in [-0.3, -0.25) is 9.79 Å². The first kappa shape index (κ1) is 23.0. The number of rotatable bonds is 5. The minimum atomic E-state index is -0.410. The number of carbonyl (C=O) groups excluding carboxylic acids is 1. The second-order valence-corrected chi connectivity index (χ2v) is 9.91. The van der Waals surface area contributed by atoms with Crippen molar-refractivity contribution in [3.63, 3.8) is 0 Å². The van der Waals surface area contributed by atoms with Gasteiger partial charge >= 0.3 is 0 Å². The van der Waals surface area contributed by atoms with Crippen LogP contribution in [0.5, 0.6) is 0 Å². The van der Waals surface area contributed by atoms with Crippen molar-refractivity contribution in [2.75, 3.05) is 30.7 Å². The van der Waals surface area contributed by atoms with E-state index in [0.29, 0.717) is 5.02 Å². The Morgan fingerprint density at radius 1 is 1.09 bits per heavy atom. The van der Waals surface area contributed by atoms with Crippen molar-refractivity contribution < 1.29 is 4.79 Å². The highest BCUT2D eigenvalue weighted by Gasteiger charge is 2.39. The molecule has 1 N–H and O–H groups in total. The molecule has 0 unspecified atom stereocenters. The Morgan fingerprint density at radius 2 is 1.75 bits per heavy atom. The van der Waals surface area contributed by atoms with Gasteiger partial charge in [0.05, 0.1) is 11.5 Å². The number of thioether (sulfide) groups is 1. The van der Waals surface area contributed by atoms with E-state index in [2.05, 4.69) is 23.2 Å². The number of piperidine rings is 1. The summed E-state index contributed by atoms with van der Waals surface area (Å²) in [6.45, 7) is 9.28. The maximum Gasteiger partial charge on any atom is 0.234 e. The van der Waals surface area contributed by atoms with Gasteiger partial charge in [0.25, 0.3) is 0 Å². The van der Waals surface area contributed by atoms with Crippen LogP contribution in [-0.2, 0) is 4.79 Å². The third-order valence-corrected chi connectivity index (χ3v) is 7.12. The van der Waals surface area contributed by atoms with Crippen molar-refractivity contribution in [3.8, 4) is 0 Å². The molecule has 0 radical (unpaired) electrons. The number of hydrogen-bond acceptors (Lipinski definition) is 5. The zero-order chi connectivity index (χ0) is 22.7. The zero-order valence-corrected chi connectivity index (χ0v) is 20.4. The number of nitrogens with one attached hydrogen (secondary N) is 1. The molecule has 2 aromatic carbocycles. The molecule has 0 bridgehead atoms. The molecule has 0 saturated carbocycles. The minimum Gasteiger partial charge on any atom is -0.325 e. The zero-order valence-electron chi connectivity index (χ0n) is 18.8.